The Morgan fingerprint density at radius 1 is 1.06 bits per heavy atom. The van der Waals surface area contributed by atoms with E-state index < -0.39 is 0 Å². The van der Waals surface area contributed by atoms with E-state index in [1.807, 2.05) is 0 Å². The number of nitrogens with one attached hydrogen (secondary N) is 1. The predicted molar refractivity (Wildman–Crippen MR) is 76.1 cm³/mol. The van der Waals surface area contributed by atoms with Crippen molar-refractivity contribution in [3.8, 4) is 0 Å². The first kappa shape index (κ1) is 12.0. The zero-order chi connectivity index (χ0) is 12.4. The molecule has 98 valence electrons. The smallest absolute Gasteiger partial charge is 0.0367 e. The summed E-state index contributed by atoms with van der Waals surface area (Å²) in [5.41, 5.74) is 2.83. The zero-order valence-corrected chi connectivity index (χ0v) is 11.2. The molecule has 1 atom stereocenters. The van der Waals surface area contributed by atoms with Crippen LogP contribution in [0.2, 0.25) is 0 Å². The number of likely N-dealkylation sites (N-methyl/N-ethyl adjacent to an activating group) is 1. The second-order valence-corrected chi connectivity index (χ2v) is 5.53. The lowest BCUT2D eigenvalue weighted by Crippen LogP contribution is -2.44. The third-order valence-corrected chi connectivity index (χ3v) is 4.22. The molecule has 2 saturated heterocycles. The van der Waals surface area contributed by atoms with Gasteiger partial charge in [-0.1, -0.05) is 12.1 Å². The summed E-state index contributed by atoms with van der Waals surface area (Å²) >= 11 is 0. The molecule has 0 aliphatic carbocycles. The highest BCUT2D eigenvalue weighted by atomic mass is 15.2. The summed E-state index contributed by atoms with van der Waals surface area (Å²) in [5.74, 6) is 0. The van der Waals surface area contributed by atoms with Crippen molar-refractivity contribution in [1.82, 2.24) is 10.2 Å². The first-order valence-electron chi connectivity index (χ1n) is 7.10. The summed E-state index contributed by atoms with van der Waals surface area (Å²) < 4.78 is 0. The molecule has 0 saturated carbocycles. The Bertz CT molecular complexity index is 373. The van der Waals surface area contributed by atoms with E-state index in [9.17, 15) is 0 Å². The fraction of sp³-hybridized carbons (Fsp3) is 0.600. The van der Waals surface area contributed by atoms with Crippen LogP contribution in [-0.4, -0.2) is 44.7 Å². The largest absolute Gasteiger partial charge is 0.369 e. The summed E-state index contributed by atoms with van der Waals surface area (Å²) in [7, 11) is 2.20. The van der Waals surface area contributed by atoms with Crippen LogP contribution in [0.15, 0.2) is 24.3 Å². The van der Waals surface area contributed by atoms with Gasteiger partial charge in [0.15, 0.2) is 0 Å². The van der Waals surface area contributed by atoms with Crippen LogP contribution < -0.4 is 10.2 Å². The third-order valence-electron chi connectivity index (χ3n) is 4.22. The average Bonchev–Trinajstić information content (AvgIpc) is 2.94. The Hall–Kier alpha value is -1.06. The van der Waals surface area contributed by atoms with Crippen molar-refractivity contribution in [2.75, 3.05) is 44.7 Å². The maximum absolute atomic E-state index is 3.56. The van der Waals surface area contributed by atoms with Crippen molar-refractivity contribution in [1.29, 1.82) is 0 Å². The molecule has 3 rings (SSSR count). The van der Waals surface area contributed by atoms with E-state index in [4.69, 9.17) is 0 Å². The third kappa shape index (κ3) is 2.52. The van der Waals surface area contributed by atoms with Crippen molar-refractivity contribution >= 4 is 5.69 Å². The molecule has 0 spiro atoms. The van der Waals surface area contributed by atoms with E-state index in [-0.39, 0.29) is 0 Å². The maximum atomic E-state index is 3.56. The lowest BCUT2D eigenvalue weighted by Gasteiger charge is -2.34. The standard InChI is InChI=1S/C15H23N3/c1-17-9-11-18(12-10-17)14-6-4-13(5-7-14)15-3-2-8-16-15/h4-7,15-16H,2-3,8-12H2,1H3/t15-/m0/s1. The van der Waals surface area contributed by atoms with Crippen molar-refractivity contribution in [3.63, 3.8) is 0 Å². The topological polar surface area (TPSA) is 18.5 Å². The van der Waals surface area contributed by atoms with Crippen LogP contribution in [0, 0.1) is 0 Å². The lowest BCUT2D eigenvalue weighted by molar-refractivity contribution is 0.313. The Balaban J connectivity index is 1.67. The minimum absolute atomic E-state index is 0.589. The fourth-order valence-electron chi connectivity index (χ4n) is 2.95. The van der Waals surface area contributed by atoms with Gasteiger partial charge in [0.1, 0.15) is 0 Å². The molecule has 1 aromatic rings. The molecular weight excluding hydrogens is 222 g/mol. The van der Waals surface area contributed by atoms with E-state index in [1.165, 1.54) is 43.7 Å². The van der Waals surface area contributed by atoms with Crippen LogP contribution in [0.3, 0.4) is 0 Å². The molecule has 2 aliphatic heterocycles. The van der Waals surface area contributed by atoms with Gasteiger partial charge in [-0.15, -0.1) is 0 Å². The van der Waals surface area contributed by atoms with Gasteiger partial charge in [0.05, 0.1) is 0 Å². The Labute approximate surface area is 110 Å². The Morgan fingerprint density at radius 3 is 2.39 bits per heavy atom. The average molecular weight is 245 g/mol. The number of benzene rings is 1. The number of nitrogens with zero attached hydrogens (tertiary/aromatic N) is 2. The summed E-state index contributed by atoms with van der Waals surface area (Å²) in [4.78, 5) is 4.89. The van der Waals surface area contributed by atoms with E-state index in [0.717, 1.165) is 13.1 Å². The monoisotopic (exact) mass is 245 g/mol. The van der Waals surface area contributed by atoms with Gasteiger partial charge in [0, 0.05) is 37.9 Å². The molecule has 3 nitrogen and oxygen atoms in total. The van der Waals surface area contributed by atoms with Crippen molar-refractivity contribution in [3.05, 3.63) is 29.8 Å². The highest BCUT2D eigenvalue weighted by molar-refractivity contribution is 5.48. The van der Waals surface area contributed by atoms with Gasteiger partial charge in [-0.05, 0) is 44.1 Å². The van der Waals surface area contributed by atoms with Crippen LogP contribution in [0.4, 0.5) is 5.69 Å². The number of rotatable bonds is 2. The number of hydrogen-bond donors (Lipinski definition) is 1. The van der Waals surface area contributed by atoms with Crippen LogP contribution >= 0.6 is 0 Å². The Kier molecular flexibility index (Phi) is 3.52. The zero-order valence-electron chi connectivity index (χ0n) is 11.2. The van der Waals surface area contributed by atoms with Gasteiger partial charge in [-0.2, -0.15) is 0 Å². The molecule has 2 fully saturated rings. The van der Waals surface area contributed by atoms with Gasteiger partial charge < -0.3 is 15.1 Å². The molecule has 1 N–H and O–H groups in total. The molecule has 18 heavy (non-hydrogen) atoms. The second kappa shape index (κ2) is 5.29. The fourth-order valence-corrected chi connectivity index (χ4v) is 2.95. The van der Waals surface area contributed by atoms with E-state index in [1.54, 1.807) is 0 Å². The second-order valence-electron chi connectivity index (χ2n) is 5.53. The summed E-state index contributed by atoms with van der Waals surface area (Å²) in [6.45, 7) is 5.82. The predicted octanol–water partition coefficient (Wildman–Crippen LogP) is 1.86. The molecule has 0 amide bonds. The molecule has 2 aliphatic rings. The van der Waals surface area contributed by atoms with E-state index >= 15 is 0 Å². The molecule has 0 unspecified atom stereocenters. The minimum atomic E-state index is 0.589. The molecule has 1 aromatic carbocycles. The minimum Gasteiger partial charge on any atom is -0.369 e. The molecular formula is C15H23N3. The van der Waals surface area contributed by atoms with Crippen LogP contribution in [0.25, 0.3) is 0 Å². The van der Waals surface area contributed by atoms with Crippen LogP contribution in [-0.2, 0) is 0 Å². The van der Waals surface area contributed by atoms with E-state index in [0.29, 0.717) is 6.04 Å². The van der Waals surface area contributed by atoms with Crippen LogP contribution in [0.5, 0.6) is 0 Å². The highest BCUT2D eigenvalue weighted by Crippen LogP contribution is 2.25. The molecule has 3 heteroatoms. The number of piperazine rings is 1. The van der Waals surface area contributed by atoms with Crippen molar-refractivity contribution in [2.45, 2.75) is 18.9 Å². The van der Waals surface area contributed by atoms with Gasteiger partial charge >= 0.3 is 0 Å². The highest BCUT2D eigenvalue weighted by Gasteiger charge is 2.17. The first-order chi connectivity index (χ1) is 8.83. The molecule has 0 aromatic heterocycles. The van der Waals surface area contributed by atoms with Gasteiger partial charge in [-0.25, -0.2) is 0 Å². The maximum Gasteiger partial charge on any atom is 0.0367 e. The summed E-state index contributed by atoms with van der Waals surface area (Å²) in [5, 5.41) is 3.56. The van der Waals surface area contributed by atoms with Crippen LogP contribution in [0.1, 0.15) is 24.4 Å². The summed E-state index contributed by atoms with van der Waals surface area (Å²) in [6, 6.07) is 9.78. The van der Waals surface area contributed by atoms with Gasteiger partial charge in [0.25, 0.3) is 0 Å². The number of hydrogen-bond acceptors (Lipinski definition) is 3. The quantitative estimate of drug-likeness (QED) is 0.858. The lowest BCUT2D eigenvalue weighted by atomic mass is 10.0. The SMILES string of the molecule is CN1CCN(c2ccc([C@@H]3CCCN3)cc2)CC1. The Morgan fingerprint density at radius 2 is 1.78 bits per heavy atom. The van der Waals surface area contributed by atoms with E-state index in [2.05, 4.69) is 46.4 Å². The normalized spacial score (nSPS) is 25.6. The van der Waals surface area contributed by atoms with Crippen molar-refractivity contribution < 1.29 is 0 Å². The van der Waals surface area contributed by atoms with Gasteiger partial charge in [-0.3, -0.25) is 0 Å². The first-order valence-corrected chi connectivity index (χ1v) is 7.10. The summed E-state index contributed by atoms with van der Waals surface area (Å²) in [6.07, 6.45) is 2.60. The number of anilines is 1. The molecule has 0 radical (unpaired) electrons. The van der Waals surface area contributed by atoms with Crippen molar-refractivity contribution in [2.24, 2.45) is 0 Å². The van der Waals surface area contributed by atoms with Gasteiger partial charge in [0.2, 0.25) is 0 Å². The molecule has 2 heterocycles. The molecule has 0 bridgehead atoms.